The molecule has 2 heterocycles. The van der Waals surface area contributed by atoms with Gasteiger partial charge in [0, 0.05) is 41.3 Å². The first-order valence-electron chi connectivity index (χ1n) is 10.7. The number of aromatic nitrogens is 1. The lowest BCUT2D eigenvalue weighted by molar-refractivity contribution is -0.114. The van der Waals surface area contributed by atoms with Crippen LogP contribution in [-0.2, 0) is 4.79 Å². The maximum atomic E-state index is 13.5. The standard InChI is InChI=1S/C27H21ClN4OS/c1-31(2)22-14-8-18(9-15-22)16-23-25(20-6-4-3-5-7-20)30-32(26(23)33)27-29-24(17-34-27)19-10-12-21(28)13-11-19/h3-17H,1-2H3/b23-16-. The van der Waals surface area contributed by atoms with Crippen molar-refractivity contribution >= 4 is 51.5 Å². The summed E-state index contributed by atoms with van der Waals surface area (Å²) in [6.07, 6.45) is 1.89. The molecular formula is C27H21ClN4OS. The molecule has 168 valence electrons. The van der Waals surface area contributed by atoms with Crippen LogP contribution in [0, 0.1) is 0 Å². The minimum absolute atomic E-state index is 0.201. The lowest BCUT2D eigenvalue weighted by atomic mass is 10.0. The number of amides is 1. The summed E-state index contributed by atoms with van der Waals surface area (Å²) in [5.41, 5.74) is 5.78. The van der Waals surface area contributed by atoms with Gasteiger partial charge in [-0.05, 0) is 35.9 Å². The first-order valence-corrected chi connectivity index (χ1v) is 11.9. The topological polar surface area (TPSA) is 48.8 Å². The zero-order chi connectivity index (χ0) is 23.7. The normalized spacial score (nSPS) is 14.6. The highest BCUT2D eigenvalue weighted by atomic mass is 35.5. The van der Waals surface area contributed by atoms with E-state index in [1.165, 1.54) is 16.3 Å². The van der Waals surface area contributed by atoms with Crippen LogP contribution in [0.15, 0.2) is 94.9 Å². The lowest BCUT2D eigenvalue weighted by Gasteiger charge is -2.12. The van der Waals surface area contributed by atoms with Gasteiger partial charge in [0.1, 0.15) is 5.71 Å². The summed E-state index contributed by atoms with van der Waals surface area (Å²) in [7, 11) is 4.00. The van der Waals surface area contributed by atoms with E-state index in [-0.39, 0.29) is 5.91 Å². The largest absolute Gasteiger partial charge is 0.378 e. The molecule has 1 aromatic heterocycles. The van der Waals surface area contributed by atoms with Crippen LogP contribution >= 0.6 is 22.9 Å². The van der Waals surface area contributed by atoms with E-state index in [0.29, 0.717) is 21.4 Å². The molecule has 0 N–H and O–H groups in total. The van der Waals surface area contributed by atoms with E-state index in [1.54, 1.807) is 0 Å². The van der Waals surface area contributed by atoms with Crippen molar-refractivity contribution in [1.29, 1.82) is 0 Å². The molecule has 0 spiro atoms. The monoisotopic (exact) mass is 484 g/mol. The van der Waals surface area contributed by atoms with Gasteiger partial charge >= 0.3 is 0 Å². The molecule has 0 radical (unpaired) electrons. The predicted octanol–water partition coefficient (Wildman–Crippen LogP) is 6.36. The van der Waals surface area contributed by atoms with Gasteiger partial charge < -0.3 is 4.90 Å². The summed E-state index contributed by atoms with van der Waals surface area (Å²) in [6.45, 7) is 0. The van der Waals surface area contributed by atoms with E-state index in [0.717, 1.165) is 28.1 Å². The third-order valence-electron chi connectivity index (χ3n) is 5.46. The number of rotatable bonds is 5. The highest BCUT2D eigenvalue weighted by molar-refractivity contribution is 7.14. The molecule has 0 fully saturated rings. The van der Waals surface area contributed by atoms with Gasteiger partial charge in [-0.2, -0.15) is 10.1 Å². The van der Waals surface area contributed by atoms with Crippen LogP contribution in [0.2, 0.25) is 5.02 Å². The molecule has 34 heavy (non-hydrogen) atoms. The van der Waals surface area contributed by atoms with Crippen LogP contribution in [0.25, 0.3) is 17.3 Å². The second kappa shape index (κ2) is 9.25. The number of hydrogen-bond donors (Lipinski definition) is 0. The van der Waals surface area contributed by atoms with Gasteiger partial charge in [0.15, 0.2) is 0 Å². The molecule has 7 heteroatoms. The van der Waals surface area contributed by atoms with Gasteiger partial charge in [0.25, 0.3) is 5.91 Å². The van der Waals surface area contributed by atoms with Crippen molar-refractivity contribution in [1.82, 2.24) is 4.98 Å². The number of benzene rings is 3. The molecule has 5 nitrogen and oxygen atoms in total. The number of anilines is 2. The van der Waals surface area contributed by atoms with Crippen LogP contribution in [0.4, 0.5) is 10.8 Å². The second-order valence-corrected chi connectivity index (χ2v) is 9.27. The van der Waals surface area contributed by atoms with Gasteiger partial charge in [-0.1, -0.05) is 66.2 Å². The molecule has 4 aromatic rings. The highest BCUT2D eigenvalue weighted by Gasteiger charge is 2.33. The van der Waals surface area contributed by atoms with E-state index >= 15 is 0 Å². The van der Waals surface area contributed by atoms with Crippen molar-refractivity contribution in [2.24, 2.45) is 5.10 Å². The zero-order valence-corrected chi connectivity index (χ0v) is 20.2. The van der Waals surface area contributed by atoms with Crippen LogP contribution in [0.1, 0.15) is 11.1 Å². The fourth-order valence-corrected chi connectivity index (χ4v) is 4.54. The van der Waals surface area contributed by atoms with Crippen molar-refractivity contribution in [3.63, 3.8) is 0 Å². The molecule has 1 aliphatic rings. The Labute approximate surface area is 207 Å². The predicted molar refractivity (Wildman–Crippen MR) is 142 cm³/mol. The van der Waals surface area contributed by atoms with Gasteiger partial charge in [0.2, 0.25) is 5.13 Å². The Bertz CT molecular complexity index is 1390. The number of halogens is 1. The summed E-state index contributed by atoms with van der Waals surface area (Å²) in [4.78, 5) is 20.3. The second-order valence-electron chi connectivity index (χ2n) is 8.00. The SMILES string of the molecule is CN(C)c1ccc(/C=C2\C(=O)N(c3nc(-c4ccc(Cl)cc4)cs3)N=C2c2ccccc2)cc1. The van der Waals surface area contributed by atoms with Gasteiger partial charge in [-0.3, -0.25) is 4.79 Å². The molecule has 1 amide bonds. The molecular weight excluding hydrogens is 464 g/mol. The van der Waals surface area contributed by atoms with E-state index in [9.17, 15) is 4.79 Å². The molecule has 0 unspecified atom stereocenters. The number of hydrazone groups is 1. The van der Waals surface area contributed by atoms with Crippen molar-refractivity contribution in [2.45, 2.75) is 0 Å². The molecule has 0 saturated heterocycles. The lowest BCUT2D eigenvalue weighted by Crippen LogP contribution is -2.21. The van der Waals surface area contributed by atoms with Gasteiger partial charge in [-0.25, -0.2) is 4.98 Å². The first kappa shape index (κ1) is 22.1. The average molecular weight is 485 g/mol. The van der Waals surface area contributed by atoms with Crippen molar-refractivity contribution in [3.8, 4) is 11.3 Å². The summed E-state index contributed by atoms with van der Waals surface area (Å²) < 4.78 is 0. The Balaban J connectivity index is 1.53. The van der Waals surface area contributed by atoms with Crippen LogP contribution in [0.3, 0.4) is 0 Å². The third kappa shape index (κ3) is 4.38. The smallest absolute Gasteiger partial charge is 0.283 e. The number of carbonyl (C=O) groups is 1. The van der Waals surface area contributed by atoms with Crippen molar-refractivity contribution in [2.75, 3.05) is 24.0 Å². The minimum atomic E-state index is -0.201. The van der Waals surface area contributed by atoms with Crippen LogP contribution < -0.4 is 9.91 Å². The number of hydrogen-bond acceptors (Lipinski definition) is 5. The Hall–Kier alpha value is -3.74. The first-order chi connectivity index (χ1) is 16.5. The molecule has 0 atom stereocenters. The summed E-state index contributed by atoms with van der Waals surface area (Å²) >= 11 is 7.39. The fourth-order valence-electron chi connectivity index (χ4n) is 3.63. The molecule has 3 aromatic carbocycles. The molecule has 0 saturated carbocycles. The third-order valence-corrected chi connectivity index (χ3v) is 6.53. The number of carbonyl (C=O) groups excluding carboxylic acids is 1. The zero-order valence-electron chi connectivity index (χ0n) is 18.6. The molecule has 5 rings (SSSR count). The van der Waals surface area contributed by atoms with E-state index in [2.05, 4.69) is 4.98 Å². The van der Waals surface area contributed by atoms with Crippen molar-refractivity contribution < 1.29 is 4.79 Å². The Morgan fingerprint density at radius 3 is 2.29 bits per heavy atom. The maximum absolute atomic E-state index is 13.5. The van der Waals surface area contributed by atoms with Gasteiger partial charge in [-0.15, -0.1) is 11.3 Å². The minimum Gasteiger partial charge on any atom is -0.378 e. The molecule has 0 aliphatic carbocycles. The van der Waals surface area contributed by atoms with E-state index in [1.807, 2.05) is 109 Å². The van der Waals surface area contributed by atoms with Gasteiger partial charge in [0.05, 0.1) is 11.3 Å². The highest BCUT2D eigenvalue weighted by Crippen LogP contribution is 2.33. The van der Waals surface area contributed by atoms with E-state index < -0.39 is 0 Å². The maximum Gasteiger partial charge on any atom is 0.283 e. The Kier molecular flexibility index (Phi) is 6.01. The number of nitrogens with zero attached hydrogens (tertiary/aromatic N) is 4. The average Bonchev–Trinajstić information content (AvgIpc) is 3.46. The van der Waals surface area contributed by atoms with Crippen LogP contribution in [0.5, 0.6) is 0 Å². The molecule has 1 aliphatic heterocycles. The Morgan fingerprint density at radius 2 is 1.62 bits per heavy atom. The summed E-state index contributed by atoms with van der Waals surface area (Å²) in [5, 5.41) is 9.21. The summed E-state index contributed by atoms with van der Waals surface area (Å²) in [5.74, 6) is -0.201. The Morgan fingerprint density at radius 1 is 0.912 bits per heavy atom. The summed E-state index contributed by atoms with van der Waals surface area (Å²) in [6, 6.07) is 25.3. The quantitative estimate of drug-likeness (QED) is 0.309. The van der Waals surface area contributed by atoms with E-state index in [4.69, 9.17) is 16.7 Å². The fraction of sp³-hybridized carbons (Fsp3) is 0.0741. The van der Waals surface area contributed by atoms with Crippen molar-refractivity contribution in [3.05, 3.63) is 106 Å². The number of thiazole rings is 1. The van der Waals surface area contributed by atoms with Crippen LogP contribution in [-0.4, -0.2) is 30.7 Å². The molecule has 0 bridgehead atoms.